The molecule has 0 spiro atoms. The van der Waals surface area contributed by atoms with Crippen molar-refractivity contribution in [3.63, 3.8) is 0 Å². The summed E-state index contributed by atoms with van der Waals surface area (Å²) in [6, 6.07) is 21.6. The molecule has 2 heterocycles. The van der Waals surface area contributed by atoms with E-state index in [4.69, 9.17) is 4.74 Å². The quantitative estimate of drug-likeness (QED) is 0.498. The maximum Gasteiger partial charge on any atom is 0.243 e. The Bertz CT molecular complexity index is 1360. The zero-order valence-electron chi connectivity index (χ0n) is 21.8. The van der Waals surface area contributed by atoms with Gasteiger partial charge >= 0.3 is 0 Å². The first-order chi connectivity index (χ1) is 17.8. The molecule has 0 amide bonds. The standard InChI is InChI=1S/C30H36N2O4S/c1-21-8-4-5-9-29(21)37(34,35)31-16-6-7-17-32-27(19-31)30(28(32)20-36-3)24-12-10-23(11-13-24)26-15-14-25(33)18-22(26)2/h4-5,8-15,18,27-28,30,33H,6-7,16-17,19-20H2,1-3H3/t27-,28+,30-/m0/s1. The van der Waals surface area contributed by atoms with Gasteiger partial charge in [-0.1, -0.05) is 48.5 Å². The van der Waals surface area contributed by atoms with Crippen LogP contribution in [0.4, 0.5) is 0 Å². The van der Waals surface area contributed by atoms with Gasteiger partial charge in [0.2, 0.25) is 10.0 Å². The lowest BCUT2D eigenvalue weighted by Crippen LogP contribution is -2.68. The summed E-state index contributed by atoms with van der Waals surface area (Å²) in [6.45, 7) is 6.45. The van der Waals surface area contributed by atoms with E-state index < -0.39 is 10.0 Å². The lowest BCUT2D eigenvalue weighted by atomic mass is 9.74. The molecule has 196 valence electrons. The molecular formula is C30H36N2O4S. The van der Waals surface area contributed by atoms with Crippen LogP contribution in [0.1, 0.15) is 35.4 Å². The van der Waals surface area contributed by atoms with Crippen molar-refractivity contribution in [1.82, 2.24) is 9.21 Å². The minimum atomic E-state index is -3.59. The largest absolute Gasteiger partial charge is 0.508 e. The van der Waals surface area contributed by atoms with E-state index in [-0.39, 0.29) is 23.8 Å². The van der Waals surface area contributed by atoms with Crippen molar-refractivity contribution in [3.05, 3.63) is 83.4 Å². The molecule has 0 unspecified atom stereocenters. The number of rotatable bonds is 6. The number of hydrogen-bond donors (Lipinski definition) is 1. The van der Waals surface area contributed by atoms with E-state index in [0.29, 0.717) is 24.6 Å². The third kappa shape index (κ3) is 4.93. The molecule has 3 aromatic rings. The van der Waals surface area contributed by atoms with E-state index in [1.54, 1.807) is 35.7 Å². The smallest absolute Gasteiger partial charge is 0.243 e. The topological polar surface area (TPSA) is 70.1 Å². The van der Waals surface area contributed by atoms with Crippen LogP contribution in [0.5, 0.6) is 5.75 Å². The highest BCUT2D eigenvalue weighted by Gasteiger charge is 2.50. The Morgan fingerprint density at radius 3 is 2.38 bits per heavy atom. The number of ether oxygens (including phenoxy) is 1. The first-order valence-electron chi connectivity index (χ1n) is 13.0. The highest BCUT2D eigenvalue weighted by molar-refractivity contribution is 7.89. The average Bonchev–Trinajstić information content (AvgIpc) is 2.85. The van der Waals surface area contributed by atoms with Crippen molar-refractivity contribution in [3.8, 4) is 16.9 Å². The lowest BCUT2D eigenvalue weighted by Gasteiger charge is -2.57. The van der Waals surface area contributed by atoms with Crippen LogP contribution in [-0.2, 0) is 14.8 Å². The number of phenols is 1. The van der Waals surface area contributed by atoms with Gasteiger partial charge in [-0.2, -0.15) is 4.31 Å². The Morgan fingerprint density at radius 2 is 1.68 bits per heavy atom. The summed E-state index contributed by atoms with van der Waals surface area (Å²) < 4.78 is 34.8. The lowest BCUT2D eigenvalue weighted by molar-refractivity contribution is -0.0635. The van der Waals surface area contributed by atoms with Gasteiger partial charge in [0.15, 0.2) is 0 Å². The molecule has 6 nitrogen and oxygen atoms in total. The van der Waals surface area contributed by atoms with Crippen LogP contribution in [0.3, 0.4) is 0 Å². The van der Waals surface area contributed by atoms with Gasteiger partial charge in [-0.3, -0.25) is 4.90 Å². The normalized spacial score (nSPS) is 23.1. The second kappa shape index (κ2) is 10.6. The van der Waals surface area contributed by atoms with Gasteiger partial charge in [-0.15, -0.1) is 0 Å². The molecular weight excluding hydrogens is 484 g/mol. The number of fused-ring (bicyclic) bond motifs is 1. The SMILES string of the molecule is COC[C@@H]1[C@@H](c2ccc(-c3ccc(O)cc3C)cc2)[C@@H]2CN(S(=O)(=O)c3ccccc3C)CCCCN12. The first-order valence-corrected chi connectivity index (χ1v) is 14.5. The summed E-state index contributed by atoms with van der Waals surface area (Å²) in [6.07, 6.45) is 1.81. The van der Waals surface area contributed by atoms with Crippen LogP contribution in [0, 0.1) is 13.8 Å². The molecule has 37 heavy (non-hydrogen) atoms. The molecule has 3 atom stereocenters. The summed E-state index contributed by atoms with van der Waals surface area (Å²) in [5.74, 6) is 0.451. The van der Waals surface area contributed by atoms with E-state index in [0.717, 1.165) is 41.6 Å². The third-order valence-corrected chi connectivity index (χ3v) is 10.0. The average molecular weight is 521 g/mol. The molecule has 7 heteroatoms. The number of methoxy groups -OCH3 is 1. The Kier molecular flexibility index (Phi) is 7.41. The van der Waals surface area contributed by atoms with E-state index in [2.05, 4.69) is 29.2 Å². The zero-order valence-corrected chi connectivity index (χ0v) is 22.6. The Hall–Kier alpha value is -2.71. The number of aromatic hydroxyl groups is 1. The van der Waals surface area contributed by atoms with Crippen LogP contribution >= 0.6 is 0 Å². The van der Waals surface area contributed by atoms with Crippen LogP contribution in [0.25, 0.3) is 11.1 Å². The maximum absolute atomic E-state index is 13.7. The molecule has 0 aromatic heterocycles. The van der Waals surface area contributed by atoms with Crippen LogP contribution in [0.15, 0.2) is 71.6 Å². The summed E-state index contributed by atoms with van der Waals surface area (Å²) in [5, 5.41) is 9.78. The van der Waals surface area contributed by atoms with Gasteiger partial charge in [-0.25, -0.2) is 8.42 Å². The number of nitrogens with zero attached hydrogens (tertiary/aromatic N) is 2. The Morgan fingerprint density at radius 1 is 0.946 bits per heavy atom. The summed E-state index contributed by atoms with van der Waals surface area (Å²) >= 11 is 0. The molecule has 0 aliphatic carbocycles. The van der Waals surface area contributed by atoms with E-state index in [1.807, 2.05) is 32.0 Å². The maximum atomic E-state index is 13.7. The fourth-order valence-electron chi connectivity index (χ4n) is 6.12. The number of hydrogen-bond acceptors (Lipinski definition) is 5. The number of benzene rings is 3. The molecule has 0 bridgehead atoms. The van der Waals surface area contributed by atoms with Crippen molar-refractivity contribution >= 4 is 10.0 Å². The highest BCUT2D eigenvalue weighted by Crippen LogP contribution is 2.43. The molecule has 2 aliphatic heterocycles. The molecule has 0 radical (unpaired) electrons. The van der Waals surface area contributed by atoms with Crippen LogP contribution in [0.2, 0.25) is 0 Å². The minimum absolute atomic E-state index is 0.0977. The molecule has 3 aromatic carbocycles. The van der Waals surface area contributed by atoms with Gasteiger partial charge in [0.1, 0.15) is 5.75 Å². The summed E-state index contributed by atoms with van der Waals surface area (Å²) in [5.41, 5.74) is 5.20. The highest BCUT2D eigenvalue weighted by atomic mass is 32.2. The first kappa shape index (κ1) is 25.9. The Labute approximate surface area is 220 Å². The summed E-state index contributed by atoms with van der Waals surface area (Å²) in [7, 11) is -1.85. The predicted molar refractivity (Wildman–Crippen MR) is 146 cm³/mol. The number of sulfonamides is 1. The van der Waals surface area contributed by atoms with Gasteiger partial charge in [0.05, 0.1) is 11.5 Å². The predicted octanol–water partition coefficient (Wildman–Crippen LogP) is 4.94. The van der Waals surface area contributed by atoms with E-state index in [9.17, 15) is 13.5 Å². The van der Waals surface area contributed by atoms with Gasteiger partial charge in [0.25, 0.3) is 0 Å². The second-order valence-electron chi connectivity index (χ2n) is 10.3. The second-order valence-corrected chi connectivity index (χ2v) is 12.2. The van der Waals surface area contributed by atoms with E-state index >= 15 is 0 Å². The molecule has 2 saturated heterocycles. The number of aryl methyl sites for hydroxylation is 2. The van der Waals surface area contributed by atoms with Crippen molar-refractivity contribution in [2.24, 2.45) is 0 Å². The van der Waals surface area contributed by atoms with Crippen LogP contribution in [-0.4, -0.2) is 68.2 Å². The van der Waals surface area contributed by atoms with Crippen molar-refractivity contribution in [2.45, 2.75) is 49.6 Å². The van der Waals surface area contributed by atoms with Gasteiger partial charge in [-0.05, 0) is 79.3 Å². The fourth-order valence-corrected chi connectivity index (χ4v) is 7.84. The fraction of sp³-hybridized carbons (Fsp3) is 0.400. The minimum Gasteiger partial charge on any atom is -0.508 e. The molecule has 5 rings (SSSR count). The van der Waals surface area contributed by atoms with Crippen LogP contribution < -0.4 is 0 Å². The number of phenolic OH excluding ortho intramolecular Hbond substituents is 1. The van der Waals surface area contributed by atoms with Crippen molar-refractivity contribution in [1.29, 1.82) is 0 Å². The van der Waals surface area contributed by atoms with Gasteiger partial charge < -0.3 is 9.84 Å². The zero-order chi connectivity index (χ0) is 26.2. The molecule has 2 fully saturated rings. The molecule has 0 saturated carbocycles. The molecule has 1 N–H and O–H groups in total. The summed E-state index contributed by atoms with van der Waals surface area (Å²) in [4.78, 5) is 2.85. The molecule has 2 aliphatic rings. The van der Waals surface area contributed by atoms with Crippen molar-refractivity contribution in [2.75, 3.05) is 33.4 Å². The van der Waals surface area contributed by atoms with E-state index in [1.165, 1.54) is 5.56 Å². The van der Waals surface area contributed by atoms with Crippen molar-refractivity contribution < 1.29 is 18.3 Å². The third-order valence-electron chi connectivity index (χ3n) is 8.01. The monoisotopic (exact) mass is 520 g/mol. The Balaban J connectivity index is 1.45. The van der Waals surface area contributed by atoms with Gasteiger partial charge in [0, 0.05) is 38.2 Å².